The van der Waals surface area contributed by atoms with Crippen LogP contribution in [0.4, 0.5) is 11.4 Å². The number of rotatable bonds is 6. The van der Waals surface area contributed by atoms with E-state index in [4.69, 9.17) is 9.47 Å². The van der Waals surface area contributed by atoms with Gasteiger partial charge in [-0.2, -0.15) is 0 Å². The first-order valence-corrected chi connectivity index (χ1v) is 9.57. The molecule has 3 rings (SSSR count). The third-order valence-corrected chi connectivity index (χ3v) is 5.13. The van der Waals surface area contributed by atoms with Crippen LogP contribution in [0.5, 0.6) is 11.5 Å². The highest BCUT2D eigenvalue weighted by molar-refractivity contribution is 5.94. The lowest BCUT2D eigenvalue weighted by molar-refractivity contribution is -0.117. The number of hydrogen-bond acceptors (Lipinski definition) is 5. The van der Waals surface area contributed by atoms with Gasteiger partial charge in [-0.05, 0) is 38.1 Å². The average molecular weight is 383 g/mol. The lowest BCUT2D eigenvalue weighted by atomic mass is 10.1. The maximum Gasteiger partial charge on any atom is 0.238 e. The molecule has 0 radical (unpaired) electrons. The lowest BCUT2D eigenvalue weighted by Gasteiger charge is -2.41. The molecule has 1 fully saturated rings. The van der Waals surface area contributed by atoms with Gasteiger partial charge in [0.15, 0.2) is 0 Å². The van der Waals surface area contributed by atoms with E-state index in [-0.39, 0.29) is 5.91 Å². The Morgan fingerprint density at radius 1 is 1.11 bits per heavy atom. The SMILES string of the molecule is COc1ccc(OC)c(NC(=O)CN2CCN(c3ccc(C)cc3)C(C)C2)c1. The monoisotopic (exact) mass is 383 g/mol. The summed E-state index contributed by atoms with van der Waals surface area (Å²) in [5.74, 6) is 1.24. The molecule has 0 aromatic heterocycles. The summed E-state index contributed by atoms with van der Waals surface area (Å²) in [5.41, 5.74) is 3.13. The first-order chi connectivity index (χ1) is 13.5. The van der Waals surface area contributed by atoms with Gasteiger partial charge >= 0.3 is 0 Å². The Bertz CT molecular complexity index is 807. The fraction of sp³-hybridized carbons (Fsp3) is 0.409. The van der Waals surface area contributed by atoms with Crippen LogP contribution in [0.25, 0.3) is 0 Å². The highest BCUT2D eigenvalue weighted by atomic mass is 16.5. The second-order valence-electron chi connectivity index (χ2n) is 7.23. The number of piperazine rings is 1. The van der Waals surface area contributed by atoms with Crippen molar-refractivity contribution in [3.63, 3.8) is 0 Å². The van der Waals surface area contributed by atoms with E-state index < -0.39 is 0 Å². The molecular weight excluding hydrogens is 354 g/mol. The molecule has 1 atom stereocenters. The van der Waals surface area contributed by atoms with Crippen LogP contribution in [-0.4, -0.2) is 57.2 Å². The largest absolute Gasteiger partial charge is 0.497 e. The molecule has 0 saturated carbocycles. The minimum absolute atomic E-state index is 0.0532. The Hall–Kier alpha value is -2.73. The summed E-state index contributed by atoms with van der Waals surface area (Å²) in [6.45, 7) is 7.25. The fourth-order valence-corrected chi connectivity index (χ4v) is 3.60. The smallest absolute Gasteiger partial charge is 0.238 e. The van der Waals surface area contributed by atoms with E-state index in [1.165, 1.54) is 11.3 Å². The zero-order chi connectivity index (χ0) is 20.1. The molecule has 1 heterocycles. The Labute approximate surface area is 167 Å². The number of aryl methyl sites for hydroxylation is 1. The number of benzene rings is 2. The normalized spacial score (nSPS) is 17.3. The van der Waals surface area contributed by atoms with Crippen LogP contribution >= 0.6 is 0 Å². The maximum atomic E-state index is 12.6. The van der Waals surface area contributed by atoms with Gasteiger partial charge in [-0.15, -0.1) is 0 Å². The maximum absolute atomic E-state index is 12.6. The molecular formula is C22H29N3O3. The van der Waals surface area contributed by atoms with E-state index in [1.54, 1.807) is 32.4 Å². The van der Waals surface area contributed by atoms with Gasteiger partial charge < -0.3 is 19.7 Å². The van der Waals surface area contributed by atoms with Crippen molar-refractivity contribution in [2.45, 2.75) is 19.9 Å². The van der Waals surface area contributed by atoms with Crippen LogP contribution in [0, 0.1) is 6.92 Å². The number of amides is 1. The molecule has 6 nitrogen and oxygen atoms in total. The topological polar surface area (TPSA) is 54.0 Å². The summed E-state index contributed by atoms with van der Waals surface area (Å²) in [6, 6.07) is 14.3. The average Bonchev–Trinajstić information content (AvgIpc) is 2.69. The predicted octanol–water partition coefficient (Wildman–Crippen LogP) is 3.16. The molecule has 28 heavy (non-hydrogen) atoms. The Morgan fingerprint density at radius 3 is 2.50 bits per heavy atom. The number of ether oxygens (including phenoxy) is 2. The molecule has 1 N–H and O–H groups in total. The van der Waals surface area contributed by atoms with Crippen molar-refractivity contribution in [2.75, 3.05) is 50.6 Å². The summed E-state index contributed by atoms with van der Waals surface area (Å²) >= 11 is 0. The van der Waals surface area contributed by atoms with Gasteiger partial charge in [0.05, 0.1) is 26.5 Å². The van der Waals surface area contributed by atoms with Crippen molar-refractivity contribution in [1.29, 1.82) is 0 Å². The van der Waals surface area contributed by atoms with E-state index in [2.05, 4.69) is 53.2 Å². The minimum Gasteiger partial charge on any atom is -0.497 e. The third kappa shape index (κ3) is 4.75. The predicted molar refractivity (Wildman–Crippen MR) is 113 cm³/mol. The number of nitrogens with one attached hydrogen (secondary N) is 1. The van der Waals surface area contributed by atoms with Crippen LogP contribution < -0.4 is 19.7 Å². The number of methoxy groups -OCH3 is 2. The molecule has 1 saturated heterocycles. The lowest BCUT2D eigenvalue weighted by Crippen LogP contribution is -2.53. The Morgan fingerprint density at radius 2 is 1.86 bits per heavy atom. The zero-order valence-electron chi connectivity index (χ0n) is 17.1. The molecule has 0 bridgehead atoms. The number of nitrogens with zero attached hydrogens (tertiary/aromatic N) is 2. The summed E-state index contributed by atoms with van der Waals surface area (Å²) in [6.07, 6.45) is 0. The van der Waals surface area contributed by atoms with Crippen molar-refractivity contribution >= 4 is 17.3 Å². The van der Waals surface area contributed by atoms with Crippen molar-refractivity contribution < 1.29 is 14.3 Å². The molecule has 0 aliphatic carbocycles. The van der Waals surface area contributed by atoms with E-state index in [9.17, 15) is 4.79 Å². The summed E-state index contributed by atoms with van der Waals surface area (Å²) in [7, 11) is 3.19. The first kappa shape index (κ1) is 20.0. The van der Waals surface area contributed by atoms with E-state index in [0.29, 0.717) is 29.8 Å². The fourth-order valence-electron chi connectivity index (χ4n) is 3.60. The summed E-state index contributed by atoms with van der Waals surface area (Å²) in [4.78, 5) is 17.2. The molecule has 0 spiro atoms. The highest BCUT2D eigenvalue weighted by Crippen LogP contribution is 2.29. The molecule has 2 aromatic rings. The van der Waals surface area contributed by atoms with Crippen LogP contribution in [0.1, 0.15) is 12.5 Å². The molecule has 1 aliphatic rings. The quantitative estimate of drug-likeness (QED) is 0.830. The standard InChI is InChI=1S/C22H29N3O3/c1-16-5-7-18(8-6-16)25-12-11-24(14-17(25)2)15-22(26)23-20-13-19(27-3)9-10-21(20)28-4/h5-10,13,17H,11-12,14-15H2,1-4H3,(H,23,26). The first-order valence-electron chi connectivity index (χ1n) is 9.57. The minimum atomic E-state index is -0.0532. The van der Waals surface area contributed by atoms with Gasteiger partial charge in [-0.25, -0.2) is 0 Å². The Kier molecular flexibility index (Phi) is 6.41. The third-order valence-electron chi connectivity index (χ3n) is 5.13. The second-order valence-corrected chi connectivity index (χ2v) is 7.23. The number of carbonyl (C=O) groups is 1. The number of carbonyl (C=O) groups excluding carboxylic acids is 1. The molecule has 2 aromatic carbocycles. The van der Waals surface area contributed by atoms with E-state index in [1.807, 2.05) is 0 Å². The molecule has 6 heteroatoms. The van der Waals surface area contributed by atoms with Crippen molar-refractivity contribution in [1.82, 2.24) is 4.90 Å². The van der Waals surface area contributed by atoms with Crippen molar-refractivity contribution in [3.8, 4) is 11.5 Å². The molecule has 1 aliphatic heterocycles. The van der Waals surface area contributed by atoms with Gasteiger partial charge in [0.1, 0.15) is 11.5 Å². The van der Waals surface area contributed by atoms with Gasteiger partial charge in [0.25, 0.3) is 0 Å². The van der Waals surface area contributed by atoms with Crippen LogP contribution in [0.2, 0.25) is 0 Å². The second kappa shape index (κ2) is 8.97. The van der Waals surface area contributed by atoms with Gasteiger partial charge in [0, 0.05) is 37.4 Å². The number of anilines is 2. The summed E-state index contributed by atoms with van der Waals surface area (Å²) in [5, 5.41) is 2.95. The number of hydrogen-bond donors (Lipinski definition) is 1. The molecule has 1 amide bonds. The van der Waals surface area contributed by atoms with Gasteiger partial charge in [0.2, 0.25) is 5.91 Å². The van der Waals surface area contributed by atoms with Gasteiger partial charge in [-0.1, -0.05) is 17.7 Å². The van der Waals surface area contributed by atoms with Crippen molar-refractivity contribution in [2.24, 2.45) is 0 Å². The van der Waals surface area contributed by atoms with E-state index >= 15 is 0 Å². The van der Waals surface area contributed by atoms with Gasteiger partial charge in [-0.3, -0.25) is 9.69 Å². The molecule has 150 valence electrons. The zero-order valence-corrected chi connectivity index (χ0v) is 17.1. The summed E-state index contributed by atoms with van der Waals surface area (Å²) < 4.78 is 10.6. The van der Waals surface area contributed by atoms with E-state index in [0.717, 1.165) is 19.6 Å². The Balaban J connectivity index is 1.58. The van der Waals surface area contributed by atoms with Crippen molar-refractivity contribution in [3.05, 3.63) is 48.0 Å². The molecule has 1 unspecified atom stereocenters. The van der Waals surface area contributed by atoms with Crippen LogP contribution in [0.3, 0.4) is 0 Å². The highest BCUT2D eigenvalue weighted by Gasteiger charge is 2.25. The van der Waals surface area contributed by atoms with Crippen LogP contribution in [-0.2, 0) is 4.79 Å². The van der Waals surface area contributed by atoms with Crippen LogP contribution in [0.15, 0.2) is 42.5 Å².